The van der Waals surface area contributed by atoms with E-state index in [2.05, 4.69) is 13.8 Å². The fourth-order valence-corrected chi connectivity index (χ4v) is 21.9. The molecule has 2 atom stereocenters. The highest BCUT2D eigenvalue weighted by atomic mass is 28.5. The molecule has 1 aliphatic heterocycles. The highest BCUT2D eigenvalue weighted by Crippen LogP contribution is 2.46. The monoisotopic (exact) mass is 456 g/mol. The minimum absolute atomic E-state index is 0.252. The van der Waals surface area contributed by atoms with Crippen LogP contribution in [0.4, 0.5) is 0 Å². The largest absolute Gasteiger partial charge is 0.420 e. The molecule has 0 bridgehead atoms. The molecule has 4 fully saturated rings. The van der Waals surface area contributed by atoms with Crippen molar-refractivity contribution in [3.8, 4) is 0 Å². The molecule has 4 rings (SSSR count). The summed E-state index contributed by atoms with van der Waals surface area (Å²) in [6.07, 6.45) is 21.3. The number of hydrogen-bond acceptors (Lipinski definition) is 4. The molecule has 2 unspecified atom stereocenters. The standard InChI is InChI=1S/C22H44O4Si3/c1-19(2)23-18-29(22-16-10-5-11-17-22)25-27(20-12-6-3-7-13-20)24-28(26-29)21-14-8-4-9-15-21/h19-22,27-28H,3-18H2,1-2H3. The van der Waals surface area contributed by atoms with E-state index >= 15 is 0 Å². The predicted octanol–water partition coefficient (Wildman–Crippen LogP) is 5.90. The molecule has 168 valence electrons. The van der Waals surface area contributed by atoms with Gasteiger partial charge in [0.25, 0.3) is 0 Å². The van der Waals surface area contributed by atoms with Crippen molar-refractivity contribution in [1.29, 1.82) is 0 Å². The van der Waals surface area contributed by atoms with Crippen LogP contribution < -0.4 is 0 Å². The topological polar surface area (TPSA) is 36.9 Å². The van der Waals surface area contributed by atoms with Gasteiger partial charge >= 0.3 is 27.1 Å². The zero-order valence-electron chi connectivity index (χ0n) is 18.9. The summed E-state index contributed by atoms with van der Waals surface area (Å²) in [7, 11) is -5.72. The van der Waals surface area contributed by atoms with E-state index in [4.69, 9.17) is 17.1 Å². The fourth-order valence-electron chi connectivity index (χ4n) is 6.04. The Bertz CT molecular complexity index is 462. The van der Waals surface area contributed by atoms with Crippen molar-refractivity contribution in [2.24, 2.45) is 0 Å². The van der Waals surface area contributed by atoms with Crippen molar-refractivity contribution < 1.29 is 17.1 Å². The first-order chi connectivity index (χ1) is 14.2. The van der Waals surface area contributed by atoms with Gasteiger partial charge in [0.1, 0.15) is 0 Å². The second-order valence-electron chi connectivity index (χ2n) is 10.4. The highest BCUT2D eigenvalue weighted by Gasteiger charge is 2.56. The van der Waals surface area contributed by atoms with Crippen LogP contribution in [0.1, 0.15) is 110 Å². The van der Waals surface area contributed by atoms with Crippen LogP contribution >= 0.6 is 0 Å². The summed E-state index contributed by atoms with van der Waals surface area (Å²) in [6, 6.07) is 0. The minimum Gasteiger partial charge on any atom is -0.420 e. The van der Waals surface area contributed by atoms with E-state index < -0.39 is 27.1 Å². The molecule has 0 aromatic heterocycles. The molecule has 1 saturated heterocycles. The molecule has 0 N–H and O–H groups in total. The van der Waals surface area contributed by atoms with Crippen LogP contribution in [-0.2, 0) is 17.1 Å². The summed E-state index contributed by atoms with van der Waals surface area (Å²) in [6.45, 7) is 4.32. The first kappa shape index (κ1) is 22.7. The average molecular weight is 457 g/mol. The summed E-state index contributed by atoms with van der Waals surface area (Å²) in [4.78, 5) is 0. The van der Waals surface area contributed by atoms with Crippen LogP contribution in [0.3, 0.4) is 0 Å². The normalized spacial score (nSPS) is 36.5. The maximum absolute atomic E-state index is 7.17. The van der Waals surface area contributed by atoms with Gasteiger partial charge in [-0.3, -0.25) is 0 Å². The molecule has 0 aromatic carbocycles. The molecule has 0 amide bonds. The molecule has 4 aliphatic rings. The number of ether oxygens (including phenoxy) is 1. The Morgan fingerprint density at radius 1 is 0.724 bits per heavy atom. The van der Waals surface area contributed by atoms with E-state index in [-0.39, 0.29) is 6.10 Å². The van der Waals surface area contributed by atoms with Crippen molar-refractivity contribution in [3.05, 3.63) is 0 Å². The Balaban J connectivity index is 1.58. The van der Waals surface area contributed by atoms with Gasteiger partial charge in [-0.05, 0) is 63.5 Å². The van der Waals surface area contributed by atoms with Gasteiger partial charge < -0.3 is 17.1 Å². The summed E-state index contributed by atoms with van der Waals surface area (Å²) in [5, 5.41) is 0. The second-order valence-corrected chi connectivity index (χ2v) is 19.5. The van der Waals surface area contributed by atoms with Gasteiger partial charge in [-0.25, -0.2) is 0 Å². The Hall–Kier alpha value is 0.491. The molecule has 3 aliphatic carbocycles. The van der Waals surface area contributed by atoms with Gasteiger partial charge in [0.15, 0.2) is 0 Å². The molecule has 7 heteroatoms. The molecule has 0 radical (unpaired) electrons. The lowest BCUT2D eigenvalue weighted by Crippen LogP contribution is -2.65. The van der Waals surface area contributed by atoms with Gasteiger partial charge in [0.2, 0.25) is 0 Å². The maximum Gasteiger partial charge on any atom is 0.350 e. The third-order valence-corrected chi connectivity index (χ3v) is 20.3. The van der Waals surface area contributed by atoms with E-state index in [1.54, 1.807) is 0 Å². The van der Waals surface area contributed by atoms with Gasteiger partial charge in [0.05, 0.1) is 12.3 Å². The second kappa shape index (κ2) is 10.9. The van der Waals surface area contributed by atoms with Gasteiger partial charge in [0, 0.05) is 5.54 Å². The third kappa shape index (κ3) is 5.84. The Labute approximate surface area is 183 Å². The summed E-state index contributed by atoms with van der Waals surface area (Å²) in [5.41, 5.74) is 2.08. The van der Waals surface area contributed by atoms with Crippen LogP contribution in [0, 0.1) is 0 Å². The van der Waals surface area contributed by atoms with Crippen LogP contribution in [0.2, 0.25) is 16.6 Å². The van der Waals surface area contributed by atoms with E-state index in [1.165, 1.54) is 96.3 Å². The maximum atomic E-state index is 7.17. The molecular formula is C22H44O4Si3. The average Bonchev–Trinajstić information content (AvgIpc) is 2.79. The fraction of sp³-hybridized carbons (Fsp3) is 1.00. The Kier molecular flexibility index (Phi) is 8.51. The van der Waals surface area contributed by atoms with Gasteiger partial charge in [-0.2, -0.15) is 0 Å². The van der Waals surface area contributed by atoms with E-state index in [0.717, 1.165) is 17.3 Å². The van der Waals surface area contributed by atoms with E-state index in [0.29, 0.717) is 5.54 Å². The molecule has 1 heterocycles. The van der Waals surface area contributed by atoms with Crippen LogP contribution in [-0.4, -0.2) is 39.5 Å². The summed E-state index contributed by atoms with van der Waals surface area (Å²) in [5.74, 6) is 0. The summed E-state index contributed by atoms with van der Waals surface area (Å²) >= 11 is 0. The van der Waals surface area contributed by atoms with Gasteiger partial charge in [-0.1, -0.05) is 57.8 Å². The molecule has 29 heavy (non-hydrogen) atoms. The Morgan fingerprint density at radius 3 is 1.62 bits per heavy atom. The Morgan fingerprint density at radius 2 is 1.17 bits per heavy atom. The van der Waals surface area contributed by atoms with Crippen molar-refractivity contribution in [1.82, 2.24) is 0 Å². The molecule has 3 saturated carbocycles. The zero-order valence-corrected chi connectivity index (χ0v) is 22.2. The highest BCUT2D eigenvalue weighted by molar-refractivity contribution is 6.85. The van der Waals surface area contributed by atoms with Crippen molar-refractivity contribution in [2.45, 2.75) is 133 Å². The predicted molar refractivity (Wildman–Crippen MR) is 125 cm³/mol. The first-order valence-electron chi connectivity index (χ1n) is 12.8. The van der Waals surface area contributed by atoms with Crippen molar-refractivity contribution >= 4 is 27.1 Å². The lowest BCUT2D eigenvalue weighted by atomic mass is 10.0. The molecule has 0 spiro atoms. The molecule has 4 nitrogen and oxygen atoms in total. The van der Waals surface area contributed by atoms with Crippen LogP contribution in [0.15, 0.2) is 0 Å². The SMILES string of the molecule is CC(C)OC[Si]1(C2CCCCC2)O[SiH](C2CCCCC2)O[SiH](C2CCCCC2)O1. The lowest BCUT2D eigenvalue weighted by Gasteiger charge is -2.50. The smallest absolute Gasteiger partial charge is 0.350 e. The quantitative estimate of drug-likeness (QED) is 0.466. The van der Waals surface area contributed by atoms with Crippen molar-refractivity contribution in [3.63, 3.8) is 0 Å². The zero-order chi connectivity index (χ0) is 20.1. The van der Waals surface area contributed by atoms with E-state index in [9.17, 15) is 0 Å². The van der Waals surface area contributed by atoms with E-state index in [1.807, 2.05) is 0 Å². The van der Waals surface area contributed by atoms with Crippen LogP contribution in [0.25, 0.3) is 0 Å². The van der Waals surface area contributed by atoms with Crippen molar-refractivity contribution in [2.75, 3.05) is 6.23 Å². The molecular weight excluding hydrogens is 412 g/mol. The first-order valence-corrected chi connectivity index (χ1v) is 18.1. The minimum atomic E-state index is -2.36. The van der Waals surface area contributed by atoms with Crippen LogP contribution in [0.5, 0.6) is 0 Å². The lowest BCUT2D eigenvalue weighted by molar-refractivity contribution is 0.0802. The number of rotatable bonds is 6. The third-order valence-electron chi connectivity index (χ3n) is 7.81. The molecule has 0 aromatic rings. The number of hydrogen-bond donors (Lipinski definition) is 0. The van der Waals surface area contributed by atoms with Gasteiger partial charge in [-0.15, -0.1) is 0 Å². The summed E-state index contributed by atoms with van der Waals surface area (Å²) < 4.78 is 27.6.